The maximum Gasteiger partial charge on any atom is 0.417 e. The molecule has 0 radical (unpaired) electrons. The van der Waals surface area contributed by atoms with Crippen molar-refractivity contribution >= 4 is 17.5 Å². The number of carbonyl (C=O) groups is 1. The Labute approximate surface area is 209 Å². The average molecular weight is 527 g/mol. The molecule has 11 heteroatoms. The van der Waals surface area contributed by atoms with Gasteiger partial charge in [0.25, 0.3) is 5.91 Å². The molecule has 4 rings (SSSR count). The number of nitrogens with one attached hydrogen (secondary N) is 2. The number of amides is 1. The van der Waals surface area contributed by atoms with Crippen molar-refractivity contribution in [3.63, 3.8) is 0 Å². The fourth-order valence-corrected chi connectivity index (χ4v) is 4.91. The molecule has 2 N–H and O–H groups in total. The summed E-state index contributed by atoms with van der Waals surface area (Å²) in [4.78, 5) is 13.0. The first-order valence-electron chi connectivity index (χ1n) is 11.4. The maximum absolute atomic E-state index is 15.0. The number of hydrogen-bond acceptors (Lipinski definition) is 3. The van der Waals surface area contributed by atoms with Gasteiger partial charge in [0, 0.05) is 31.1 Å². The summed E-state index contributed by atoms with van der Waals surface area (Å²) in [5.41, 5.74) is 0.192. The van der Waals surface area contributed by atoms with Gasteiger partial charge in [-0.3, -0.25) is 9.48 Å². The van der Waals surface area contributed by atoms with Crippen molar-refractivity contribution in [2.45, 2.75) is 37.9 Å². The number of hydrogen-bond donors (Lipinski definition) is 2. The van der Waals surface area contributed by atoms with Gasteiger partial charge in [0.1, 0.15) is 17.2 Å². The summed E-state index contributed by atoms with van der Waals surface area (Å²) in [7, 11) is 1.65. The number of halogens is 6. The fourth-order valence-electron chi connectivity index (χ4n) is 4.68. The maximum atomic E-state index is 15.0. The number of aromatic nitrogens is 2. The van der Waals surface area contributed by atoms with Crippen molar-refractivity contribution in [1.29, 1.82) is 0 Å². The molecule has 0 spiro atoms. The minimum Gasteiger partial charge on any atom is -0.347 e. The minimum atomic E-state index is -4.64. The van der Waals surface area contributed by atoms with E-state index in [1.54, 1.807) is 13.2 Å². The highest BCUT2D eigenvalue weighted by Crippen LogP contribution is 2.38. The topological polar surface area (TPSA) is 59.0 Å². The van der Waals surface area contributed by atoms with E-state index in [0.717, 1.165) is 23.8 Å². The van der Waals surface area contributed by atoms with Gasteiger partial charge in [0.15, 0.2) is 0 Å². The lowest BCUT2D eigenvalue weighted by atomic mass is 9.85. The van der Waals surface area contributed by atoms with E-state index in [-0.39, 0.29) is 12.1 Å². The van der Waals surface area contributed by atoms with Crippen LogP contribution in [0.2, 0.25) is 5.02 Å². The molecule has 1 amide bonds. The highest BCUT2D eigenvalue weighted by atomic mass is 35.5. The van der Waals surface area contributed by atoms with Gasteiger partial charge < -0.3 is 10.6 Å². The zero-order valence-corrected chi connectivity index (χ0v) is 20.3. The van der Waals surface area contributed by atoms with E-state index in [4.69, 9.17) is 11.6 Å². The third kappa shape index (κ3) is 5.10. The van der Waals surface area contributed by atoms with Crippen LogP contribution in [0.5, 0.6) is 0 Å². The Bertz CT molecular complexity index is 1270. The van der Waals surface area contributed by atoms with E-state index in [0.29, 0.717) is 30.6 Å². The third-order valence-electron chi connectivity index (χ3n) is 6.46. The molecule has 1 aromatic heterocycles. The molecular formula is C25H24ClF5N4O. The molecule has 0 aliphatic carbocycles. The van der Waals surface area contributed by atoms with Crippen LogP contribution in [0.25, 0.3) is 11.3 Å². The predicted octanol–water partition coefficient (Wildman–Crippen LogP) is 5.48. The van der Waals surface area contributed by atoms with Crippen molar-refractivity contribution in [3.05, 3.63) is 75.4 Å². The van der Waals surface area contributed by atoms with Crippen molar-refractivity contribution in [1.82, 2.24) is 20.4 Å². The summed E-state index contributed by atoms with van der Waals surface area (Å²) >= 11 is 5.74. The van der Waals surface area contributed by atoms with Gasteiger partial charge in [0.05, 0.1) is 22.5 Å². The highest BCUT2D eigenvalue weighted by molar-refractivity contribution is 6.31. The Morgan fingerprint density at radius 3 is 2.56 bits per heavy atom. The van der Waals surface area contributed by atoms with E-state index in [9.17, 15) is 18.0 Å². The van der Waals surface area contributed by atoms with Gasteiger partial charge in [-0.2, -0.15) is 18.3 Å². The number of piperidine rings is 1. The predicted molar refractivity (Wildman–Crippen MR) is 126 cm³/mol. The van der Waals surface area contributed by atoms with Gasteiger partial charge in [0.2, 0.25) is 0 Å². The van der Waals surface area contributed by atoms with Gasteiger partial charge >= 0.3 is 6.18 Å². The molecule has 36 heavy (non-hydrogen) atoms. The molecule has 1 aliphatic heterocycles. The van der Waals surface area contributed by atoms with Crippen LogP contribution in [0.1, 0.15) is 46.3 Å². The first kappa shape index (κ1) is 26.1. The van der Waals surface area contributed by atoms with Crippen molar-refractivity contribution in [2.75, 3.05) is 13.1 Å². The molecule has 2 heterocycles. The molecule has 0 unspecified atom stereocenters. The number of carbonyl (C=O) groups excluding carboxylic acids is 1. The Kier molecular flexibility index (Phi) is 7.38. The van der Waals surface area contributed by atoms with E-state index in [2.05, 4.69) is 15.7 Å². The molecule has 1 saturated heterocycles. The average Bonchev–Trinajstić information content (AvgIpc) is 3.19. The summed E-state index contributed by atoms with van der Waals surface area (Å²) in [5.74, 6) is -3.59. The van der Waals surface area contributed by atoms with Crippen LogP contribution in [-0.2, 0) is 19.6 Å². The molecule has 0 saturated carbocycles. The number of rotatable bonds is 5. The van der Waals surface area contributed by atoms with E-state index in [1.807, 2.05) is 6.92 Å². The van der Waals surface area contributed by atoms with Crippen molar-refractivity contribution < 1.29 is 26.7 Å². The number of benzene rings is 2. The van der Waals surface area contributed by atoms with Crippen LogP contribution < -0.4 is 10.6 Å². The summed E-state index contributed by atoms with van der Waals surface area (Å²) < 4.78 is 71.7. The quantitative estimate of drug-likeness (QED) is 0.433. The second-order valence-electron chi connectivity index (χ2n) is 8.73. The van der Waals surface area contributed by atoms with Gasteiger partial charge in [-0.25, -0.2) is 8.78 Å². The standard InChI is InChI=1S/C25H24ClF5N4O/c1-3-13-11-33-35(2)23(13)15-9-19(27)22(20(28)10-15)24(36)34-21-12-32-7-6-16(21)14-4-5-18(26)17(8-14)25(29,30)31/h4-5,8-11,16,21,32H,3,6-7,12H2,1-2H3,(H,34,36)/t16-,21+/m0/s1. The molecule has 2 aromatic carbocycles. The number of nitrogens with zero attached hydrogens (tertiary/aromatic N) is 2. The molecule has 3 aromatic rings. The molecule has 1 aliphatic rings. The molecular weight excluding hydrogens is 503 g/mol. The Morgan fingerprint density at radius 1 is 1.22 bits per heavy atom. The van der Waals surface area contributed by atoms with Crippen LogP contribution >= 0.6 is 11.6 Å². The van der Waals surface area contributed by atoms with Crippen molar-refractivity contribution in [2.24, 2.45) is 7.05 Å². The molecule has 1 fully saturated rings. The first-order chi connectivity index (χ1) is 17.0. The number of alkyl halides is 3. The van der Waals surface area contributed by atoms with Gasteiger partial charge in [-0.05, 0) is 54.8 Å². The lowest BCUT2D eigenvalue weighted by Gasteiger charge is -2.33. The Balaban J connectivity index is 1.62. The Hall–Kier alpha value is -2.98. The lowest BCUT2D eigenvalue weighted by Crippen LogP contribution is -2.50. The molecule has 192 valence electrons. The lowest BCUT2D eigenvalue weighted by molar-refractivity contribution is -0.137. The normalized spacial score (nSPS) is 18.3. The zero-order chi connectivity index (χ0) is 26.2. The van der Waals surface area contributed by atoms with E-state index in [1.165, 1.54) is 16.8 Å². The fraction of sp³-hybridized carbons (Fsp3) is 0.360. The van der Waals surface area contributed by atoms with Crippen LogP contribution in [0.3, 0.4) is 0 Å². The highest BCUT2D eigenvalue weighted by Gasteiger charge is 2.36. The van der Waals surface area contributed by atoms with Crippen LogP contribution in [0, 0.1) is 11.6 Å². The summed E-state index contributed by atoms with van der Waals surface area (Å²) in [6.07, 6.45) is -2.01. The third-order valence-corrected chi connectivity index (χ3v) is 6.79. The van der Waals surface area contributed by atoms with E-state index >= 15 is 8.78 Å². The van der Waals surface area contributed by atoms with Crippen LogP contribution in [0.4, 0.5) is 22.0 Å². The van der Waals surface area contributed by atoms with Crippen LogP contribution in [0.15, 0.2) is 36.5 Å². The minimum absolute atomic E-state index is 0.219. The van der Waals surface area contributed by atoms with Gasteiger partial charge in [-0.15, -0.1) is 0 Å². The van der Waals surface area contributed by atoms with Crippen LogP contribution in [-0.4, -0.2) is 34.8 Å². The Morgan fingerprint density at radius 2 is 1.92 bits per heavy atom. The first-order valence-corrected chi connectivity index (χ1v) is 11.8. The second kappa shape index (κ2) is 10.2. The van der Waals surface area contributed by atoms with Gasteiger partial charge in [-0.1, -0.05) is 24.6 Å². The summed E-state index contributed by atoms with van der Waals surface area (Å²) in [6.45, 7) is 2.61. The second-order valence-corrected chi connectivity index (χ2v) is 9.13. The zero-order valence-electron chi connectivity index (χ0n) is 19.5. The number of aryl methyl sites for hydroxylation is 2. The molecule has 2 atom stereocenters. The molecule has 0 bridgehead atoms. The largest absolute Gasteiger partial charge is 0.417 e. The molecule has 5 nitrogen and oxygen atoms in total. The SMILES string of the molecule is CCc1cnn(C)c1-c1cc(F)c(C(=O)N[C@@H]2CNCC[C@H]2c2ccc(Cl)c(C(F)(F)F)c2)c(F)c1. The smallest absolute Gasteiger partial charge is 0.347 e. The summed E-state index contributed by atoms with van der Waals surface area (Å²) in [6, 6.07) is 5.07. The summed E-state index contributed by atoms with van der Waals surface area (Å²) in [5, 5.41) is 9.38. The van der Waals surface area contributed by atoms with E-state index < -0.39 is 51.8 Å². The van der Waals surface area contributed by atoms with Crippen molar-refractivity contribution in [3.8, 4) is 11.3 Å². The monoisotopic (exact) mass is 526 g/mol.